The number of benzene rings is 1. The summed E-state index contributed by atoms with van der Waals surface area (Å²) in [6.45, 7) is 4.43. The van der Waals surface area contributed by atoms with Crippen molar-refractivity contribution in [3.05, 3.63) is 30.3 Å². The Hall–Kier alpha value is -0.124. The van der Waals surface area contributed by atoms with Crippen molar-refractivity contribution in [2.24, 2.45) is 0 Å². The summed E-state index contributed by atoms with van der Waals surface area (Å²) in [7, 11) is 0. The van der Waals surface area contributed by atoms with Crippen molar-refractivity contribution in [1.29, 1.82) is 0 Å². The number of ether oxygens (including phenoxy) is 2. The van der Waals surface area contributed by atoms with Gasteiger partial charge in [0, 0.05) is 6.61 Å². The van der Waals surface area contributed by atoms with Crippen LogP contribution in [0, 0.1) is 0 Å². The van der Waals surface area contributed by atoms with Gasteiger partial charge >= 0.3 is 26.6 Å². The number of hydrogen-bond donors (Lipinski definition) is 0. The van der Waals surface area contributed by atoms with E-state index in [4.69, 9.17) is 9.47 Å². The maximum absolute atomic E-state index is 5.54. The van der Waals surface area contributed by atoms with Gasteiger partial charge in [-0.3, -0.25) is 0 Å². The quantitative estimate of drug-likeness (QED) is 0.470. The Bertz CT molecular complexity index is 277. The average Bonchev–Trinajstić information content (AvgIpc) is 2.42. The normalized spacial score (nSPS) is 9.95. The molecule has 0 saturated carbocycles. The Labute approximate surface area is 137 Å². The fraction of sp³-hybridized carbons (Fsp3) is 0.625. The molecule has 0 fully saturated rings. The van der Waals surface area contributed by atoms with Gasteiger partial charge in [-0.2, -0.15) is 0 Å². The molecule has 0 radical (unpaired) electrons. The molecule has 1 aromatic rings. The number of unbranched alkanes of at least 4 members (excludes halogenated alkanes) is 5. The second-order valence-corrected chi connectivity index (χ2v) is 4.54. The molecule has 0 N–H and O–H groups in total. The van der Waals surface area contributed by atoms with E-state index in [2.05, 4.69) is 6.92 Å². The Kier molecular flexibility index (Phi) is 14.2. The van der Waals surface area contributed by atoms with Crippen LogP contribution in [0.2, 0.25) is 0 Å². The molecule has 0 aliphatic heterocycles. The molecule has 0 unspecified atom stereocenters. The van der Waals surface area contributed by atoms with Crippen molar-refractivity contribution in [2.45, 2.75) is 45.4 Å². The van der Waals surface area contributed by atoms with Crippen LogP contribution in [-0.4, -0.2) is 46.4 Å². The first-order chi connectivity index (χ1) is 8.93. The third-order valence-electron chi connectivity index (χ3n) is 2.88. The molecule has 1 aromatic carbocycles. The van der Waals surface area contributed by atoms with Crippen molar-refractivity contribution >= 4 is 26.6 Å². The van der Waals surface area contributed by atoms with Crippen molar-refractivity contribution < 1.29 is 9.47 Å². The zero-order valence-electron chi connectivity index (χ0n) is 12.1. The van der Waals surface area contributed by atoms with Crippen molar-refractivity contribution in [1.82, 2.24) is 0 Å². The average molecular weight is 461 g/mol. The first kappa shape index (κ1) is 18.9. The van der Waals surface area contributed by atoms with Gasteiger partial charge in [0.2, 0.25) is 0 Å². The molecular weight excluding hydrogens is 433 g/mol. The van der Waals surface area contributed by atoms with Crippen molar-refractivity contribution in [3.63, 3.8) is 0 Å². The molecule has 0 spiro atoms. The maximum atomic E-state index is 5.54. The van der Waals surface area contributed by atoms with Crippen LogP contribution in [0.15, 0.2) is 30.3 Å². The van der Waals surface area contributed by atoms with E-state index in [-0.39, 0.29) is 26.6 Å². The van der Waals surface area contributed by atoms with E-state index in [0.717, 1.165) is 12.4 Å². The SMILES string of the molecule is CCCCCCCCOCCOc1ccccc1.[PoH2]. The molecular formula is C16H28O2Po. The van der Waals surface area contributed by atoms with Gasteiger partial charge in [0.25, 0.3) is 0 Å². The number of hydrogen-bond acceptors (Lipinski definition) is 2. The molecule has 19 heavy (non-hydrogen) atoms. The summed E-state index contributed by atoms with van der Waals surface area (Å²) in [6.07, 6.45) is 7.86. The topological polar surface area (TPSA) is 18.5 Å². The van der Waals surface area contributed by atoms with Crippen LogP contribution in [0.1, 0.15) is 45.4 Å². The van der Waals surface area contributed by atoms with Crippen LogP contribution < -0.4 is 4.74 Å². The monoisotopic (exact) mass is 461 g/mol. The molecule has 110 valence electrons. The van der Waals surface area contributed by atoms with Crippen molar-refractivity contribution in [2.75, 3.05) is 19.8 Å². The standard InChI is InChI=1S/C16H26O2.Po.2H/c1-2-3-4-5-6-10-13-17-14-15-18-16-11-8-7-9-12-16;;;/h7-9,11-12H,2-6,10,13-15H2,1H3;;;. The van der Waals surface area contributed by atoms with Crippen LogP contribution in [0.5, 0.6) is 5.75 Å². The van der Waals surface area contributed by atoms with Gasteiger partial charge in [0.1, 0.15) is 12.4 Å². The van der Waals surface area contributed by atoms with Crippen LogP contribution in [0.3, 0.4) is 0 Å². The second kappa shape index (κ2) is 14.3. The van der Waals surface area contributed by atoms with Gasteiger partial charge in [-0.25, -0.2) is 0 Å². The molecule has 0 aliphatic carbocycles. The minimum absolute atomic E-state index is 0. The fourth-order valence-electron chi connectivity index (χ4n) is 1.82. The molecule has 3 heteroatoms. The summed E-state index contributed by atoms with van der Waals surface area (Å²) >= 11 is 0. The van der Waals surface area contributed by atoms with E-state index in [1.165, 1.54) is 38.5 Å². The molecule has 0 amide bonds. The van der Waals surface area contributed by atoms with Gasteiger partial charge in [0.15, 0.2) is 0 Å². The van der Waals surface area contributed by atoms with Gasteiger partial charge in [-0.15, -0.1) is 0 Å². The van der Waals surface area contributed by atoms with Gasteiger partial charge < -0.3 is 9.47 Å². The molecule has 0 aliphatic rings. The third-order valence-corrected chi connectivity index (χ3v) is 2.88. The van der Waals surface area contributed by atoms with Gasteiger partial charge in [-0.05, 0) is 18.6 Å². The first-order valence-corrected chi connectivity index (χ1v) is 7.19. The Morgan fingerprint density at radius 3 is 2.21 bits per heavy atom. The van der Waals surface area contributed by atoms with Crippen LogP contribution in [0.25, 0.3) is 0 Å². The van der Waals surface area contributed by atoms with E-state index in [1.807, 2.05) is 30.3 Å². The van der Waals surface area contributed by atoms with E-state index in [0.29, 0.717) is 13.2 Å². The molecule has 0 aromatic heterocycles. The first-order valence-electron chi connectivity index (χ1n) is 7.19. The van der Waals surface area contributed by atoms with Crippen LogP contribution >= 0.6 is 0 Å². The molecule has 0 saturated heterocycles. The van der Waals surface area contributed by atoms with E-state index in [1.54, 1.807) is 0 Å². The van der Waals surface area contributed by atoms with E-state index >= 15 is 0 Å². The van der Waals surface area contributed by atoms with Gasteiger partial charge in [0.05, 0.1) is 6.61 Å². The summed E-state index contributed by atoms with van der Waals surface area (Å²) in [6, 6.07) is 9.88. The van der Waals surface area contributed by atoms with Crippen LogP contribution in [-0.2, 0) is 4.74 Å². The number of para-hydroxylation sites is 1. The minimum atomic E-state index is 0. The summed E-state index contributed by atoms with van der Waals surface area (Å²) in [5, 5.41) is 0. The Morgan fingerprint density at radius 2 is 1.47 bits per heavy atom. The Morgan fingerprint density at radius 1 is 0.789 bits per heavy atom. The predicted molar refractivity (Wildman–Crippen MR) is 84.7 cm³/mol. The summed E-state index contributed by atoms with van der Waals surface area (Å²) < 4.78 is 11.1. The number of rotatable bonds is 11. The molecule has 2 nitrogen and oxygen atoms in total. The molecule has 0 heterocycles. The van der Waals surface area contributed by atoms with E-state index < -0.39 is 0 Å². The third kappa shape index (κ3) is 11.4. The van der Waals surface area contributed by atoms with Gasteiger partial charge in [-0.1, -0.05) is 57.2 Å². The molecule has 0 bridgehead atoms. The second-order valence-electron chi connectivity index (χ2n) is 4.54. The Balaban J connectivity index is 0.00000324. The molecule has 1 rings (SSSR count). The summed E-state index contributed by atoms with van der Waals surface area (Å²) in [4.78, 5) is 0. The fourth-order valence-corrected chi connectivity index (χ4v) is 1.82. The zero-order chi connectivity index (χ0) is 12.9. The summed E-state index contributed by atoms with van der Waals surface area (Å²) in [5.41, 5.74) is 0. The van der Waals surface area contributed by atoms with Crippen LogP contribution in [0.4, 0.5) is 0 Å². The van der Waals surface area contributed by atoms with Crippen molar-refractivity contribution in [3.8, 4) is 5.75 Å². The predicted octanol–water partition coefficient (Wildman–Crippen LogP) is 3.53. The summed E-state index contributed by atoms with van der Waals surface area (Å²) in [5.74, 6) is 0.917. The molecule has 0 atom stereocenters. The van der Waals surface area contributed by atoms with E-state index in [9.17, 15) is 0 Å². The zero-order valence-corrected chi connectivity index (χ0v) is 16.0.